The van der Waals surface area contributed by atoms with Crippen molar-refractivity contribution in [3.63, 3.8) is 0 Å². The summed E-state index contributed by atoms with van der Waals surface area (Å²) in [6.07, 6.45) is 1.22. The van der Waals surface area contributed by atoms with Crippen molar-refractivity contribution in [2.45, 2.75) is 13.0 Å². The Labute approximate surface area is 137 Å². The van der Waals surface area contributed by atoms with Crippen LogP contribution in [0.5, 0.6) is 5.75 Å². The van der Waals surface area contributed by atoms with Gasteiger partial charge >= 0.3 is 0 Å². The number of pyridine rings is 1. The largest absolute Gasteiger partial charge is 0.481 e. The first kappa shape index (κ1) is 15.3. The molecule has 1 aromatic carbocycles. The molecule has 0 saturated heterocycles. The minimum absolute atomic E-state index is 0.102. The second kappa shape index (κ2) is 6.26. The number of benzene rings is 1. The van der Waals surface area contributed by atoms with Crippen LogP contribution in [0.1, 0.15) is 18.9 Å². The Morgan fingerprint density at radius 1 is 1.30 bits per heavy atom. The number of hydrogen-bond donors (Lipinski definition) is 0. The summed E-state index contributed by atoms with van der Waals surface area (Å²) in [5.74, 6) is 1.36. The molecule has 0 fully saturated rings. The molecule has 0 aliphatic carbocycles. The van der Waals surface area contributed by atoms with Crippen LogP contribution in [0, 0.1) is 0 Å². The molecule has 3 rings (SSSR count). The van der Waals surface area contributed by atoms with Crippen molar-refractivity contribution in [2.24, 2.45) is 7.05 Å². The van der Waals surface area contributed by atoms with Crippen LogP contribution in [0.15, 0.2) is 51.9 Å². The van der Waals surface area contributed by atoms with E-state index in [1.54, 1.807) is 50.5 Å². The number of nitrogens with zero attached hydrogens (tertiary/aromatic N) is 3. The van der Waals surface area contributed by atoms with Crippen LogP contribution in [0.3, 0.4) is 0 Å². The highest BCUT2D eigenvalue weighted by molar-refractivity contribution is 6.30. The molecule has 0 aliphatic heterocycles. The normalized spacial score (nSPS) is 12.1. The van der Waals surface area contributed by atoms with E-state index in [-0.39, 0.29) is 5.56 Å². The molecule has 0 amide bonds. The monoisotopic (exact) mass is 331 g/mol. The van der Waals surface area contributed by atoms with Crippen molar-refractivity contribution < 1.29 is 9.26 Å². The summed E-state index contributed by atoms with van der Waals surface area (Å²) in [7, 11) is 1.66. The predicted molar refractivity (Wildman–Crippen MR) is 85.5 cm³/mol. The van der Waals surface area contributed by atoms with Crippen LogP contribution in [0.4, 0.5) is 0 Å². The fourth-order valence-electron chi connectivity index (χ4n) is 2.04. The molecular formula is C16H14ClN3O3. The molecule has 23 heavy (non-hydrogen) atoms. The highest BCUT2D eigenvalue weighted by atomic mass is 35.5. The maximum Gasteiger partial charge on any atom is 0.267 e. The number of ether oxygens (including phenoxy) is 1. The van der Waals surface area contributed by atoms with Gasteiger partial charge in [0.15, 0.2) is 6.10 Å². The minimum Gasteiger partial charge on any atom is -0.481 e. The average molecular weight is 332 g/mol. The quantitative estimate of drug-likeness (QED) is 0.734. The van der Waals surface area contributed by atoms with Gasteiger partial charge in [0, 0.05) is 29.9 Å². The summed E-state index contributed by atoms with van der Waals surface area (Å²) in [4.78, 5) is 15.7. The second-order valence-corrected chi connectivity index (χ2v) is 5.48. The smallest absolute Gasteiger partial charge is 0.267 e. The average Bonchev–Trinajstić information content (AvgIpc) is 3.00. The van der Waals surface area contributed by atoms with Crippen LogP contribution in [0.2, 0.25) is 5.02 Å². The van der Waals surface area contributed by atoms with Gasteiger partial charge in [-0.2, -0.15) is 4.98 Å². The zero-order valence-corrected chi connectivity index (χ0v) is 13.3. The molecule has 118 valence electrons. The molecule has 3 aromatic rings. The van der Waals surface area contributed by atoms with Gasteiger partial charge in [-0.15, -0.1) is 0 Å². The molecular weight excluding hydrogens is 318 g/mol. The lowest BCUT2D eigenvalue weighted by molar-refractivity contribution is 0.176. The summed E-state index contributed by atoms with van der Waals surface area (Å²) in [5, 5.41) is 4.52. The molecule has 2 heterocycles. The third-order valence-corrected chi connectivity index (χ3v) is 3.48. The van der Waals surface area contributed by atoms with Gasteiger partial charge in [-0.1, -0.05) is 22.8 Å². The SMILES string of the molecule is C[C@H](Oc1cccc(Cl)c1)c1nc(-c2ccc(=O)n(C)c2)no1. The van der Waals surface area contributed by atoms with Crippen LogP contribution in [0.25, 0.3) is 11.4 Å². The first-order chi connectivity index (χ1) is 11.0. The fraction of sp³-hybridized carbons (Fsp3) is 0.188. The fourth-order valence-corrected chi connectivity index (χ4v) is 2.22. The van der Waals surface area contributed by atoms with Crippen LogP contribution >= 0.6 is 11.6 Å². The summed E-state index contributed by atoms with van der Waals surface area (Å²) >= 11 is 5.93. The minimum atomic E-state index is -0.428. The van der Waals surface area contributed by atoms with E-state index in [0.29, 0.717) is 28.1 Å². The van der Waals surface area contributed by atoms with Crippen LogP contribution < -0.4 is 10.3 Å². The first-order valence-electron chi connectivity index (χ1n) is 6.96. The zero-order valence-electron chi connectivity index (χ0n) is 12.6. The van der Waals surface area contributed by atoms with Crippen molar-refractivity contribution in [3.05, 3.63) is 63.9 Å². The van der Waals surface area contributed by atoms with Crippen molar-refractivity contribution in [2.75, 3.05) is 0 Å². The number of halogens is 1. The van der Waals surface area contributed by atoms with Crippen molar-refractivity contribution in [3.8, 4) is 17.1 Å². The number of rotatable bonds is 4. The summed E-state index contributed by atoms with van der Waals surface area (Å²) < 4.78 is 12.4. The van der Waals surface area contributed by atoms with Crippen molar-refractivity contribution in [1.82, 2.24) is 14.7 Å². The van der Waals surface area contributed by atoms with Crippen LogP contribution in [-0.4, -0.2) is 14.7 Å². The molecule has 0 spiro atoms. The third kappa shape index (κ3) is 3.43. The van der Waals surface area contributed by atoms with Crippen LogP contribution in [-0.2, 0) is 7.05 Å². The molecule has 0 bridgehead atoms. The lowest BCUT2D eigenvalue weighted by atomic mass is 10.2. The van der Waals surface area contributed by atoms with Gasteiger partial charge in [-0.3, -0.25) is 4.79 Å². The van der Waals surface area contributed by atoms with Gasteiger partial charge in [0.05, 0.1) is 0 Å². The number of aromatic nitrogens is 3. The lowest BCUT2D eigenvalue weighted by Gasteiger charge is -2.10. The van der Waals surface area contributed by atoms with Gasteiger partial charge in [0.25, 0.3) is 5.89 Å². The molecule has 0 unspecified atom stereocenters. The van der Waals surface area contributed by atoms with E-state index in [1.165, 1.54) is 10.6 Å². The topological polar surface area (TPSA) is 70.2 Å². The maximum absolute atomic E-state index is 11.4. The second-order valence-electron chi connectivity index (χ2n) is 5.04. The Morgan fingerprint density at radius 3 is 2.87 bits per heavy atom. The van der Waals surface area contributed by atoms with E-state index in [4.69, 9.17) is 20.9 Å². The van der Waals surface area contributed by atoms with E-state index in [2.05, 4.69) is 10.1 Å². The molecule has 0 N–H and O–H groups in total. The Kier molecular flexibility index (Phi) is 4.16. The van der Waals surface area contributed by atoms with Gasteiger partial charge in [-0.05, 0) is 31.2 Å². The standard InChI is InChI=1S/C16H14ClN3O3/c1-10(22-13-5-3-4-12(17)8-13)16-18-15(19-23-16)11-6-7-14(21)20(2)9-11/h3-10H,1-2H3/t10-/m0/s1. The molecule has 1 atom stereocenters. The van der Waals surface area contributed by atoms with E-state index >= 15 is 0 Å². The summed E-state index contributed by atoms with van der Waals surface area (Å²) in [6.45, 7) is 1.80. The molecule has 6 nitrogen and oxygen atoms in total. The van der Waals surface area contributed by atoms with Crippen molar-refractivity contribution in [1.29, 1.82) is 0 Å². The molecule has 7 heteroatoms. The Hall–Kier alpha value is -2.60. The highest BCUT2D eigenvalue weighted by Crippen LogP contribution is 2.24. The molecule has 0 saturated carbocycles. The van der Waals surface area contributed by atoms with Gasteiger partial charge in [0.2, 0.25) is 11.4 Å². The molecule has 0 radical (unpaired) electrons. The summed E-state index contributed by atoms with van der Waals surface area (Å²) in [6, 6.07) is 10.2. The van der Waals surface area contributed by atoms with Crippen molar-refractivity contribution >= 4 is 11.6 Å². The zero-order chi connectivity index (χ0) is 16.4. The molecule has 0 aliphatic rings. The maximum atomic E-state index is 11.4. The Balaban J connectivity index is 1.80. The van der Waals surface area contributed by atoms with Gasteiger partial charge < -0.3 is 13.8 Å². The number of hydrogen-bond acceptors (Lipinski definition) is 5. The van der Waals surface area contributed by atoms with E-state index in [1.807, 2.05) is 0 Å². The predicted octanol–water partition coefficient (Wildman–Crippen LogP) is 3.23. The van der Waals surface area contributed by atoms with E-state index < -0.39 is 6.10 Å². The Morgan fingerprint density at radius 2 is 2.13 bits per heavy atom. The summed E-state index contributed by atoms with van der Waals surface area (Å²) in [5.41, 5.74) is 0.590. The Bertz CT molecular complexity index is 888. The molecule has 2 aromatic heterocycles. The number of aryl methyl sites for hydroxylation is 1. The van der Waals surface area contributed by atoms with Gasteiger partial charge in [0.1, 0.15) is 5.75 Å². The lowest BCUT2D eigenvalue weighted by Crippen LogP contribution is -2.14. The first-order valence-corrected chi connectivity index (χ1v) is 7.33. The van der Waals surface area contributed by atoms with E-state index in [0.717, 1.165) is 0 Å². The third-order valence-electron chi connectivity index (χ3n) is 3.24. The van der Waals surface area contributed by atoms with E-state index in [9.17, 15) is 4.79 Å². The highest BCUT2D eigenvalue weighted by Gasteiger charge is 2.17. The van der Waals surface area contributed by atoms with Gasteiger partial charge in [-0.25, -0.2) is 0 Å².